The van der Waals surface area contributed by atoms with Gasteiger partial charge in [0.15, 0.2) is 5.82 Å². The number of nitrogens with zero attached hydrogens (tertiary/aromatic N) is 4. The Labute approximate surface area is 214 Å². The van der Waals surface area contributed by atoms with E-state index in [1.54, 1.807) is 42.4 Å². The number of amides is 2. The van der Waals surface area contributed by atoms with Gasteiger partial charge in [-0.3, -0.25) is 14.3 Å². The van der Waals surface area contributed by atoms with Gasteiger partial charge in [-0.25, -0.2) is 13.8 Å². The van der Waals surface area contributed by atoms with E-state index in [0.717, 1.165) is 11.6 Å². The molecule has 9 nitrogen and oxygen atoms in total. The minimum Gasteiger partial charge on any atom is -0.347 e. The van der Waals surface area contributed by atoms with Gasteiger partial charge in [-0.15, -0.1) is 0 Å². The third-order valence-electron chi connectivity index (χ3n) is 6.95. The standard InChI is InChI=1S/C26H33F2N7O2/c1-15(18-11-30-34(5)12-18)32-25(37)26(3,4)35-13-23(29-14-35)33-24(36)16(2)31-20-7-6-17-8-19(27)9-22(28)21(17)10-20/h8-9,11-16,20,31H,6-7,10H2,1-5H3,(H,32,37)(H,33,36). The van der Waals surface area contributed by atoms with E-state index < -0.39 is 23.2 Å². The van der Waals surface area contributed by atoms with Gasteiger partial charge in [0.1, 0.15) is 17.2 Å². The summed E-state index contributed by atoms with van der Waals surface area (Å²) in [5, 5.41) is 13.1. The van der Waals surface area contributed by atoms with E-state index >= 15 is 0 Å². The second kappa shape index (κ2) is 10.4. The van der Waals surface area contributed by atoms with Gasteiger partial charge in [0.05, 0.1) is 24.6 Å². The Morgan fingerprint density at radius 2 is 1.95 bits per heavy atom. The summed E-state index contributed by atoms with van der Waals surface area (Å²) in [4.78, 5) is 30.1. The second-order valence-corrected chi connectivity index (χ2v) is 10.2. The molecule has 0 aliphatic heterocycles. The predicted octanol–water partition coefficient (Wildman–Crippen LogP) is 2.98. The highest BCUT2D eigenvalue weighted by Gasteiger charge is 2.32. The van der Waals surface area contributed by atoms with Crippen LogP contribution in [0.1, 0.15) is 56.8 Å². The maximum absolute atomic E-state index is 14.2. The van der Waals surface area contributed by atoms with Gasteiger partial charge in [-0.2, -0.15) is 5.10 Å². The molecule has 0 saturated heterocycles. The molecule has 2 aromatic heterocycles. The zero-order valence-corrected chi connectivity index (χ0v) is 21.7. The van der Waals surface area contributed by atoms with Crippen LogP contribution >= 0.6 is 0 Å². The fourth-order valence-electron chi connectivity index (χ4n) is 4.52. The van der Waals surface area contributed by atoms with Crippen LogP contribution in [0.15, 0.2) is 37.1 Å². The number of nitrogens with one attached hydrogen (secondary N) is 3. The zero-order chi connectivity index (χ0) is 26.9. The second-order valence-electron chi connectivity index (χ2n) is 10.2. The lowest BCUT2D eigenvalue weighted by Crippen LogP contribution is -2.46. The number of halogens is 2. The van der Waals surface area contributed by atoms with Crippen molar-refractivity contribution in [1.29, 1.82) is 0 Å². The van der Waals surface area contributed by atoms with E-state index in [4.69, 9.17) is 0 Å². The Balaban J connectivity index is 1.33. The molecule has 1 aromatic carbocycles. The van der Waals surface area contributed by atoms with Crippen molar-refractivity contribution < 1.29 is 18.4 Å². The molecule has 0 fully saturated rings. The van der Waals surface area contributed by atoms with Crippen molar-refractivity contribution in [2.75, 3.05) is 5.32 Å². The van der Waals surface area contributed by atoms with Crippen LogP contribution in [0.25, 0.3) is 0 Å². The highest BCUT2D eigenvalue weighted by atomic mass is 19.1. The van der Waals surface area contributed by atoms with Crippen LogP contribution in [-0.2, 0) is 35.0 Å². The fraction of sp³-hybridized carbons (Fsp3) is 0.462. The molecule has 3 aromatic rings. The predicted molar refractivity (Wildman–Crippen MR) is 135 cm³/mol. The number of carbonyl (C=O) groups excluding carboxylic acids is 2. The third-order valence-corrected chi connectivity index (χ3v) is 6.95. The van der Waals surface area contributed by atoms with Crippen LogP contribution in [0.5, 0.6) is 0 Å². The van der Waals surface area contributed by atoms with E-state index in [-0.39, 0.29) is 23.9 Å². The van der Waals surface area contributed by atoms with Crippen molar-refractivity contribution in [2.24, 2.45) is 7.05 Å². The van der Waals surface area contributed by atoms with Crippen molar-refractivity contribution >= 4 is 17.6 Å². The van der Waals surface area contributed by atoms with Crippen LogP contribution in [-0.4, -0.2) is 43.2 Å². The third kappa shape index (κ3) is 5.87. The Bertz CT molecular complexity index is 1300. The minimum atomic E-state index is -0.963. The van der Waals surface area contributed by atoms with Gasteiger partial charge in [-0.1, -0.05) is 0 Å². The average molecular weight is 514 g/mol. The van der Waals surface area contributed by atoms with Gasteiger partial charge < -0.3 is 20.5 Å². The number of fused-ring (bicyclic) bond motifs is 1. The maximum atomic E-state index is 14.2. The molecule has 0 saturated carbocycles. The summed E-state index contributed by atoms with van der Waals surface area (Å²) >= 11 is 0. The molecule has 1 aliphatic carbocycles. The summed E-state index contributed by atoms with van der Waals surface area (Å²) in [5.74, 6) is -1.32. The molecule has 2 amide bonds. The summed E-state index contributed by atoms with van der Waals surface area (Å²) in [6.07, 6.45) is 8.26. The highest BCUT2D eigenvalue weighted by molar-refractivity contribution is 5.93. The summed E-state index contributed by atoms with van der Waals surface area (Å²) in [7, 11) is 1.82. The Morgan fingerprint density at radius 3 is 2.65 bits per heavy atom. The molecule has 3 unspecified atom stereocenters. The number of hydrogen-bond acceptors (Lipinski definition) is 5. The first-order valence-corrected chi connectivity index (χ1v) is 12.3. The van der Waals surface area contributed by atoms with Crippen molar-refractivity contribution in [3.05, 3.63) is 65.4 Å². The van der Waals surface area contributed by atoms with E-state index in [1.165, 1.54) is 12.4 Å². The molecule has 37 heavy (non-hydrogen) atoms. The van der Waals surface area contributed by atoms with E-state index in [9.17, 15) is 18.4 Å². The topological polar surface area (TPSA) is 106 Å². The summed E-state index contributed by atoms with van der Waals surface area (Å²) in [6.45, 7) is 7.14. The van der Waals surface area contributed by atoms with Crippen molar-refractivity contribution in [3.8, 4) is 0 Å². The Kier molecular flexibility index (Phi) is 7.44. The van der Waals surface area contributed by atoms with Crippen LogP contribution in [0.4, 0.5) is 14.6 Å². The molecule has 2 heterocycles. The number of anilines is 1. The number of imidazole rings is 1. The summed E-state index contributed by atoms with van der Waals surface area (Å²) < 4.78 is 31.0. The van der Waals surface area contributed by atoms with Gasteiger partial charge in [0.2, 0.25) is 11.8 Å². The molecule has 198 valence electrons. The number of aromatic nitrogens is 4. The Morgan fingerprint density at radius 1 is 1.19 bits per heavy atom. The molecular weight excluding hydrogens is 480 g/mol. The largest absolute Gasteiger partial charge is 0.347 e. The smallest absolute Gasteiger partial charge is 0.246 e. The first-order valence-electron chi connectivity index (χ1n) is 12.3. The van der Waals surface area contributed by atoms with Gasteiger partial charge in [-0.05, 0) is 64.2 Å². The average Bonchev–Trinajstić information content (AvgIpc) is 3.49. The zero-order valence-electron chi connectivity index (χ0n) is 21.7. The van der Waals surface area contributed by atoms with Crippen LogP contribution in [0.2, 0.25) is 0 Å². The van der Waals surface area contributed by atoms with Gasteiger partial charge >= 0.3 is 0 Å². The molecule has 0 bridgehead atoms. The van der Waals surface area contributed by atoms with Crippen molar-refractivity contribution in [3.63, 3.8) is 0 Å². The molecule has 3 atom stereocenters. The van der Waals surface area contributed by atoms with Crippen LogP contribution < -0.4 is 16.0 Å². The molecule has 11 heteroatoms. The molecule has 4 rings (SSSR count). The maximum Gasteiger partial charge on any atom is 0.246 e. The lowest BCUT2D eigenvalue weighted by molar-refractivity contribution is -0.129. The van der Waals surface area contributed by atoms with Crippen molar-refractivity contribution in [2.45, 2.75) is 70.6 Å². The lowest BCUT2D eigenvalue weighted by Gasteiger charge is -2.28. The molecule has 0 radical (unpaired) electrons. The Hall–Kier alpha value is -3.60. The fourth-order valence-corrected chi connectivity index (χ4v) is 4.52. The van der Waals surface area contributed by atoms with E-state index in [1.807, 2.05) is 20.2 Å². The monoisotopic (exact) mass is 513 g/mol. The van der Waals surface area contributed by atoms with Crippen LogP contribution in [0, 0.1) is 11.6 Å². The van der Waals surface area contributed by atoms with Gasteiger partial charge in [0.25, 0.3) is 0 Å². The number of hydrogen-bond donors (Lipinski definition) is 3. The number of benzene rings is 1. The number of aryl methyl sites for hydroxylation is 2. The number of rotatable bonds is 8. The molecular formula is C26H33F2N7O2. The lowest BCUT2D eigenvalue weighted by atomic mass is 9.87. The normalized spacial score (nSPS) is 17.1. The van der Waals surface area contributed by atoms with E-state index in [0.29, 0.717) is 36.2 Å². The minimum absolute atomic E-state index is 0.116. The van der Waals surface area contributed by atoms with Gasteiger partial charge in [0, 0.05) is 37.1 Å². The van der Waals surface area contributed by atoms with Crippen LogP contribution in [0.3, 0.4) is 0 Å². The summed E-state index contributed by atoms with van der Waals surface area (Å²) in [6, 6.07) is 1.36. The molecule has 1 aliphatic rings. The molecule has 3 N–H and O–H groups in total. The SMILES string of the molecule is CC(NC1CCc2cc(F)cc(F)c2C1)C(=O)Nc1cn(C(C)(C)C(=O)NC(C)c2cnn(C)c2)cn1. The summed E-state index contributed by atoms with van der Waals surface area (Å²) in [5.41, 5.74) is 1.10. The quantitative estimate of drug-likeness (QED) is 0.430. The first-order chi connectivity index (χ1) is 17.4. The van der Waals surface area contributed by atoms with E-state index in [2.05, 4.69) is 26.0 Å². The van der Waals surface area contributed by atoms with Crippen molar-refractivity contribution in [1.82, 2.24) is 30.0 Å². The highest BCUT2D eigenvalue weighted by Crippen LogP contribution is 2.26. The first kappa shape index (κ1) is 26.5. The number of carbonyl (C=O) groups is 2. The molecule has 0 spiro atoms.